The van der Waals surface area contributed by atoms with Crippen LogP contribution >= 0.6 is 15.9 Å². The Morgan fingerprint density at radius 1 is 1.62 bits per heavy atom. The molecule has 0 fully saturated rings. The highest BCUT2D eigenvalue weighted by Gasteiger charge is 2.26. The van der Waals surface area contributed by atoms with E-state index < -0.39 is 12.2 Å². The molecule has 1 aliphatic rings. The smallest absolute Gasteiger partial charge is 0.295 e. The maximum Gasteiger partial charge on any atom is 0.295 e. The molecule has 0 aliphatic carbocycles. The quantitative estimate of drug-likeness (QED) is 0.652. The van der Waals surface area contributed by atoms with Gasteiger partial charge < -0.3 is 15.2 Å². The van der Waals surface area contributed by atoms with Gasteiger partial charge in [-0.2, -0.15) is 0 Å². The lowest BCUT2D eigenvalue weighted by atomic mass is 10.3. The van der Waals surface area contributed by atoms with Crippen LogP contribution in [-0.4, -0.2) is 22.3 Å². The minimum atomic E-state index is -1.45. The topological polar surface area (TPSA) is 71.5 Å². The van der Waals surface area contributed by atoms with Gasteiger partial charge in [-0.25, -0.2) is 4.98 Å². The summed E-state index contributed by atoms with van der Waals surface area (Å²) in [6, 6.07) is 3.26. The van der Waals surface area contributed by atoms with Crippen LogP contribution in [0.25, 0.3) is 0 Å². The minimum absolute atomic E-state index is 0.310. The third kappa shape index (κ3) is 1.50. The maximum absolute atomic E-state index is 10.9. The summed E-state index contributed by atoms with van der Waals surface area (Å²) in [5, 5.41) is 11.4. The molecule has 6 heteroatoms. The number of carbonyl (C=O) groups excluding carboxylic acids is 1. The van der Waals surface area contributed by atoms with Crippen molar-refractivity contribution >= 4 is 27.7 Å². The van der Waals surface area contributed by atoms with Crippen molar-refractivity contribution in [1.82, 2.24) is 4.98 Å². The Balaban J connectivity index is 2.42. The predicted molar refractivity (Wildman–Crippen MR) is 47.2 cm³/mol. The third-order valence-electron chi connectivity index (χ3n) is 1.53. The molecule has 0 bridgehead atoms. The molecule has 2 N–H and O–H groups in total. The number of nitrogens with one attached hydrogen (secondary N) is 1. The van der Waals surface area contributed by atoms with E-state index in [1.165, 1.54) is 0 Å². The summed E-state index contributed by atoms with van der Waals surface area (Å²) in [6.45, 7) is 0. The molecule has 0 spiro atoms. The van der Waals surface area contributed by atoms with Gasteiger partial charge in [0, 0.05) is 0 Å². The Morgan fingerprint density at radius 3 is 3.15 bits per heavy atom. The second-order valence-corrected chi connectivity index (χ2v) is 3.25. The first-order valence-corrected chi connectivity index (χ1v) is 4.28. The molecule has 2 heterocycles. The van der Waals surface area contributed by atoms with E-state index in [1.54, 1.807) is 12.1 Å². The number of aliphatic hydroxyl groups is 1. The van der Waals surface area contributed by atoms with Crippen molar-refractivity contribution in [2.75, 3.05) is 5.32 Å². The van der Waals surface area contributed by atoms with Gasteiger partial charge in [-0.05, 0) is 28.1 Å². The molecule has 5 nitrogen and oxygen atoms in total. The van der Waals surface area contributed by atoms with E-state index in [1.807, 2.05) is 0 Å². The van der Waals surface area contributed by atoms with Crippen LogP contribution in [-0.2, 0) is 4.79 Å². The molecule has 13 heavy (non-hydrogen) atoms. The van der Waals surface area contributed by atoms with Crippen LogP contribution in [0.1, 0.15) is 0 Å². The summed E-state index contributed by atoms with van der Waals surface area (Å²) in [5.41, 5.74) is 0. The van der Waals surface area contributed by atoms with Crippen LogP contribution in [0.2, 0.25) is 0 Å². The zero-order valence-electron chi connectivity index (χ0n) is 6.32. The van der Waals surface area contributed by atoms with Crippen LogP contribution in [0.3, 0.4) is 0 Å². The van der Waals surface area contributed by atoms with Gasteiger partial charge in [-0.1, -0.05) is 0 Å². The van der Waals surface area contributed by atoms with Crippen LogP contribution in [0.5, 0.6) is 5.75 Å². The summed E-state index contributed by atoms with van der Waals surface area (Å²) in [4.78, 5) is 14.9. The monoisotopic (exact) mass is 244 g/mol. The number of anilines is 1. The molecule has 1 unspecified atom stereocenters. The van der Waals surface area contributed by atoms with Crippen LogP contribution in [0, 0.1) is 0 Å². The molecule has 0 aromatic carbocycles. The average Bonchev–Trinajstić information content (AvgIpc) is 2.08. The molecule has 0 radical (unpaired) electrons. The van der Waals surface area contributed by atoms with Gasteiger partial charge in [-0.3, -0.25) is 4.79 Å². The van der Waals surface area contributed by atoms with Gasteiger partial charge in [0.05, 0.1) is 0 Å². The molecule has 1 aromatic rings. The second kappa shape index (κ2) is 2.97. The standard InChI is InChI=1S/C7H5BrN2O3/c8-4-2-1-3-5(9-4)10-6(11)7(12)13-3/h1-2,7,12H,(H,9,10,11). The molecule has 0 saturated heterocycles. The first kappa shape index (κ1) is 8.46. The lowest BCUT2D eigenvalue weighted by molar-refractivity contribution is -0.139. The summed E-state index contributed by atoms with van der Waals surface area (Å²) >= 11 is 3.14. The molecule has 68 valence electrons. The number of hydrogen-bond donors (Lipinski definition) is 2. The fraction of sp³-hybridized carbons (Fsp3) is 0.143. The fourth-order valence-corrected chi connectivity index (χ4v) is 1.27. The summed E-state index contributed by atoms with van der Waals surface area (Å²) in [6.07, 6.45) is -1.45. The average molecular weight is 245 g/mol. The van der Waals surface area contributed by atoms with E-state index in [-0.39, 0.29) is 0 Å². The van der Waals surface area contributed by atoms with Gasteiger partial charge in [0.1, 0.15) is 4.60 Å². The van der Waals surface area contributed by atoms with Crippen molar-refractivity contribution in [3.05, 3.63) is 16.7 Å². The van der Waals surface area contributed by atoms with Crippen LogP contribution in [0.15, 0.2) is 16.7 Å². The van der Waals surface area contributed by atoms with E-state index in [0.29, 0.717) is 16.2 Å². The Morgan fingerprint density at radius 2 is 2.38 bits per heavy atom. The number of fused-ring (bicyclic) bond motifs is 1. The molecular formula is C7H5BrN2O3. The van der Waals surface area contributed by atoms with Gasteiger partial charge in [0.25, 0.3) is 12.2 Å². The number of nitrogens with zero attached hydrogens (tertiary/aromatic N) is 1. The fourth-order valence-electron chi connectivity index (χ4n) is 0.959. The van der Waals surface area contributed by atoms with E-state index in [9.17, 15) is 4.79 Å². The number of pyridine rings is 1. The number of aromatic nitrogens is 1. The predicted octanol–water partition coefficient (Wildman–Crippen LogP) is 0.493. The Hall–Kier alpha value is -1.14. The summed E-state index contributed by atoms with van der Waals surface area (Å²) in [7, 11) is 0. The van der Waals surface area contributed by atoms with Crippen molar-refractivity contribution in [3.8, 4) is 5.75 Å². The van der Waals surface area contributed by atoms with Gasteiger partial charge in [0.15, 0.2) is 11.6 Å². The van der Waals surface area contributed by atoms with Crippen molar-refractivity contribution in [1.29, 1.82) is 0 Å². The molecule has 0 saturated carbocycles. The lowest BCUT2D eigenvalue weighted by Gasteiger charge is -2.20. The highest BCUT2D eigenvalue weighted by Crippen LogP contribution is 2.28. The van der Waals surface area contributed by atoms with Gasteiger partial charge in [0.2, 0.25) is 0 Å². The maximum atomic E-state index is 10.9. The zero-order chi connectivity index (χ0) is 9.42. The summed E-state index contributed by atoms with van der Waals surface area (Å²) < 4.78 is 5.45. The first-order chi connectivity index (χ1) is 6.16. The highest BCUT2D eigenvalue weighted by molar-refractivity contribution is 9.10. The van der Waals surface area contributed by atoms with E-state index in [4.69, 9.17) is 9.84 Å². The van der Waals surface area contributed by atoms with Crippen molar-refractivity contribution < 1.29 is 14.6 Å². The Bertz CT molecular complexity index is 369. The third-order valence-corrected chi connectivity index (χ3v) is 1.97. The number of aliphatic hydroxyl groups excluding tert-OH is 1. The highest BCUT2D eigenvalue weighted by atomic mass is 79.9. The Kier molecular flexibility index (Phi) is 1.93. The van der Waals surface area contributed by atoms with Crippen molar-refractivity contribution in [3.63, 3.8) is 0 Å². The van der Waals surface area contributed by atoms with Crippen molar-refractivity contribution in [2.45, 2.75) is 6.29 Å². The number of rotatable bonds is 0. The number of halogens is 1. The lowest BCUT2D eigenvalue weighted by Crippen LogP contribution is -2.36. The molecule has 1 atom stereocenters. The largest absolute Gasteiger partial charge is 0.452 e. The van der Waals surface area contributed by atoms with E-state index in [0.717, 1.165) is 0 Å². The first-order valence-electron chi connectivity index (χ1n) is 3.49. The second-order valence-electron chi connectivity index (χ2n) is 2.44. The number of hydrogen-bond acceptors (Lipinski definition) is 4. The molecule has 2 rings (SSSR count). The molecule has 1 aromatic heterocycles. The SMILES string of the molecule is O=C1Nc2nc(Br)ccc2OC1O. The number of carbonyl (C=O) groups is 1. The number of ether oxygens (including phenoxy) is 1. The molecule has 1 amide bonds. The van der Waals surface area contributed by atoms with Crippen LogP contribution < -0.4 is 10.1 Å². The minimum Gasteiger partial charge on any atom is -0.452 e. The van der Waals surface area contributed by atoms with E-state index >= 15 is 0 Å². The van der Waals surface area contributed by atoms with Gasteiger partial charge >= 0.3 is 0 Å². The zero-order valence-corrected chi connectivity index (χ0v) is 7.91. The summed E-state index contributed by atoms with van der Waals surface area (Å²) in [5.74, 6) is 0.0538. The van der Waals surface area contributed by atoms with Crippen LogP contribution in [0.4, 0.5) is 5.82 Å². The molecular weight excluding hydrogens is 240 g/mol. The van der Waals surface area contributed by atoms with Gasteiger partial charge in [-0.15, -0.1) is 0 Å². The molecule has 1 aliphatic heterocycles. The normalized spacial score (nSPS) is 20.2. The van der Waals surface area contributed by atoms with Crippen molar-refractivity contribution in [2.24, 2.45) is 0 Å². The number of amides is 1. The Labute approximate surface area is 81.9 Å². The van der Waals surface area contributed by atoms with E-state index in [2.05, 4.69) is 26.2 Å².